The zero-order valence-corrected chi connectivity index (χ0v) is 12.0. The van der Waals surface area contributed by atoms with Gasteiger partial charge in [-0.05, 0) is 31.9 Å². The Balaban J connectivity index is 1.89. The molecular weight excluding hydrogens is 280 g/mol. The Kier molecular flexibility index (Phi) is 3.39. The normalized spacial score (nSPS) is 17.4. The second kappa shape index (κ2) is 5.06. The van der Waals surface area contributed by atoms with Crippen LogP contribution in [0.25, 0.3) is 11.5 Å². The lowest BCUT2D eigenvalue weighted by molar-refractivity contribution is 0.331. The van der Waals surface area contributed by atoms with Gasteiger partial charge >= 0.3 is 0 Å². The summed E-state index contributed by atoms with van der Waals surface area (Å²) in [6.07, 6.45) is 2.87. The first-order valence-corrected chi connectivity index (χ1v) is 8.05. The second-order valence-corrected chi connectivity index (χ2v) is 6.78. The number of sulfonamides is 1. The number of aromatic nitrogens is 1. The molecule has 3 rings (SSSR count). The van der Waals surface area contributed by atoms with Crippen molar-refractivity contribution in [2.24, 2.45) is 0 Å². The topological polar surface area (TPSA) is 76.6 Å². The van der Waals surface area contributed by atoms with Gasteiger partial charge in [0.2, 0.25) is 10.9 Å². The van der Waals surface area contributed by atoms with Crippen LogP contribution in [-0.2, 0) is 10.0 Å². The van der Waals surface area contributed by atoms with Crippen molar-refractivity contribution in [2.45, 2.75) is 31.3 Å². The molecule has 20 heavy (non-hydrogen) atoms. The van der Waals surface area contributed by atoms with Crippen LogP contribution in [0, 0.1) is 6.92 Å². The van der Waals surface area contributed by atoms with Gasteiger partial charge in [0.1, 0.15) is 0 Å². The van der Waals surface area contributed by atoms with E-state index in [0.29, 0.717) is 24.6 Å². The number of nitrogens with zero attached hydrogens (tertiary/aromatic N) is 2. The van der Waals surface area contributed by atoms with Crippen LogP contribution in [0.15, 0.2) is 32.2 Å². The predicted octanol–water partition coefficient (Wildman–Crippen LogP) is 2.42. The molecule has 3 heterocycles. The zero-order valence-electron chi connectivity index (χ0n) is 11.2. The van der Waals surface area contributed by atoms with E-state index in [1.54, 1.807) is 19.1 Å². The van der Waals surface area contributed by atoms with Crippen LogP contribution in [0.4, 0.5) is 0 Å². The molecule has 2 aromatic rings. The number of furan rings is 1. The predicted molar refractivity (Wildman–Crippen MR) is 71.6 cm³/mol. The third-order valence-electron chi connectivity index (χ3n) is 3.36. The lowest BCUT2D eigenvalue weighted by Crippen LogP contribution is -2.35. The summed E-state index contributed by atoms with van der Waals surface area (Å²) in [6, 6.07) is 4.77. The quantitative estimate of drug-likeness (QED) is 0.869. The van der Waals surface area contributed by atoms with Crippen molar-refractivity contribution < 1.29 is 17.4 Å². The van der Waals surface area contributed by atoms with Crippen molar-refractivity contribution in [3.8, 4) is 11.5 Å². The zero-order chi connectivity index (χ0) is 14.2. The maximum atomic E-state index is 12.4. The van der Waals surface area contributed by atoms with Crippen LogP contribution in [0.5, 0.6) is 0 Å². The van der Waals surface area contributed by atoms with Gasteiger partial charge in [-0.1, -0.05) is 11.6 Å². The molecule has 0 atom stereocenters. The molecule has 0 unspecified atom stereocenters. The Morgan fingerprint density at radius 2 is 1.90 bits per heavy atom. The monoisotopic (exact) mass is 296 g/mol. The minimum Gasteiger partial charge on any atom is -0.440 e. The first-order valence-electron chi connectivity index (χ1n) is 6.61. The van der Waals surface area contributed by atoms with Gasteiger partial charge in [0.15, 0.2) is 5.76 Å². The van der Waals surface area contributed by atoms with Gasteiger partial charge in [0.25, 0.3) is 10.0 Å². The summed E-state index contributed by atoms with van der Waals surface area (Å²) in [6.45, 7) is 2.90. The lowest BCUT2D eigenvalue weighted by Gasteiger charge is -2.24. The van der Waals surface area contributed by atoms with Crippen LogP contribution >= 0.6 is 0 Å². The molecule has 7 heteroatoms. The molecule has 1 saturated heterocycles. The van der Waals surface area contributed by atoms with E-state index >= 15 is 0 Å². The van der Waals surface area contributed by atoms with Gasteiger partial charge < -0.3 is 8.94 Å². The van der Waals surface area contributed by atoms with E-state index in [1.165, 1.54) is 10.4 Å². The third-order valence-corrected chi connectivity index (χ3v) is 5.13. The summed E-state index contributed by atoms with van der Waals surface area (Å²) in [4.78, 5) is 0. The van der Waals surface area contributed by atoms with Crippen LogP contribution in [0.3, 0.4) is 0 Å². The van der Waals surface area contributed by atoms with Crippen molar-refractivity contribution in [2.75, 3.05) is 13.1 Å². The Bertz CT molecular complexity index is 696. The van der Waals surface area contributed by atoms with Gasteiger partial charge in [0.05, 0.1) is 5.69 Å². The summed E-state index contributed by atoms with van der Waals surface area (Å²) < 4.78 is 36.8. The molecule has 0 bridgehead atoms. The molecule has 1 aliphatic heterocycles. The van der Waals surface area contributed by atoms with Gasteiger partial charge in [-0.25, -0.2) is 8.42 Å². The van der Waals surface area contributed by atoms with Gasteiger partial charge in [-0.2, -0.15) is 4.31 Å². The van der Waals surface area contributed by atoms with E-state index in [-0.39, 0.29) is 5.09 Å². The fourth-order valence-electron chi connectivity index (χ4n) is 2.30. The highest BCUT2D eigenvalue weighted by atomic mass is 32.2. The molecule has 0 aliphatic carbocycles. The SMILES string of the molecule is Cc1cc(-c2ccc(S(=O)(=O)N3CCCCC3)o2)on1. The largest absolute Gasteiger partial charge is 0.440 e. The van der Waals surface area contributed by atoms with E-state index in [9.17, 15) is 8.42 Å². The highest BCUT2D eigenvalue weighted by Gasteiger charge is 2.29. The Morgan fingerprint density at radius 1 is 1.15 bits per heavy atom. The van der Waals surface area contributed by atoms with Crippen molar-refractivity contribution in [1.29, 1.82) is 0 Å². The molecule has 108 valence electrons. The van der Waals surface area contributed by atoms with Crippen LogP contribution < -0.4 is 0 Å². The maximum absolute atomic E-state index is 12.4. The summed E-state index contributed by atoms with van der Waals surface area (Å²) in [5.41, 5.74) is 0.719. The van der Waals surface area contributed by atoms with Crippen molar-refractivity contribution >= 4 is 10.0 Å². The molecule has 6 nitrogen and oxygen atoms in total. The van der Waals surface area contributed by atoms with Gasteiger partial charge in [-0.3, -0.25) is 0 Å². The van der Waals surface area contributed by atoms with E-state index in [0.717, 1.165) is 25.0 Å². The fourth-order valence-corrected chi connectivity index (χ4v) is 3.73. The molecule has 0 aromatic carbocycles. The highest BCUT2D eigenvalue weighted by Crippen LogP contribution is 2.28. The molecule has 0 amide bonds. The first kappa shape index (κ1) is 13.4. The molecule has 1 aliphatic rings. The minimum absolute atomic E-state index is 0.0385. The van der Waals surface area contributed by atoms with E-state index < -0.39 is 10.0 Å². The summed E-state index contributed by atoms with van der Waals surface area (Å²) in [5, 5.41) is 3.72. The number of rotatable bonds is 3. The molecule has 0 radical (unpaired) electrons. The van der Waals surface area contributed by atoms with Gasteiger partial charge in [-0.15, -0.1) is 0 Å². The average molecular weight is 296 g/mol. The number of aryl methyl sites for hydroxylation is 1. The molecule has 0 spiro atoms. The molecule has 0 N–H and O–H groups in total. The molecule has 0 saturated carbocycles. The molecular formula is C13H16N2O4S. The summed E-state index contributed by atoms with van der Waals surface area (Å²) in [7, 11) is -3.54. The Labute approximate surface area is 117 Å². The molecule has 2 aromatic heterocycles. The van der Waals surface area contributed by atoms with Crippen LogP contribution in [0.1, 0.15) is 25.0 Å². The van der Waals surface area contributed by atoms with E-state index in [2.05, 4.69) is 5.16 Å². The minimum atomic E-state index is -3.54. The standard InChI is InChI=1S/C13H16N2O4S/c1-10-9-12(19-14-10)11-5-6-13(18-11)20(16,17)15-7-3-2-4-8-15/h5-6,9H,2-4,7-8H2,1H3. The van der Waals surface area contributed by atoms with Crippen LogP contribution in [0.2, 0.25) is 0 Å². The number of piperidine rings is 1. The fraction of sp³-hybridized carbons (Fsp3) is 0.462. The first-order chi connectivity index (χ1) is 9.57. The maximum Gasteiger partial charge on any atom is 0.276 e. The van der Waals surface area contributed by atoms with Crippen LogP contribution in [-0.4, -0.2) is 31.0 Å². The van der Waals surface area contributed by atoms with E-state index in [1.807, 2.05) is 0 Å². The van der Waals surface area contributed by atoms with Crippen molar-refractivity contribution in [1.82, 2.24) is 9.46 Å². The number of hydrogen-bond acceptors (Lipinski definition) is 5. The number of hydrogen-bond donors (Lipinski definition) is 0. The Morgan fingerprint density at radius 3 is 2.55 bits per heavy atom. The smallest absolute Gasteiger partial charge is 0.276 e. The van der Waals surface area contributed by atoms with E-state index in [4.69, 9.17) is 8.94 Å². The highest BCUT2D eigenvalue weighted by molar-refractivity contribution is 7.89. The van der Waals surface area contributed by atoms with Crippen molar-refractivity contribution in [3.05, 3.63) is 23.9 Å². The summed E-state index contributed by atoms with van der Waals surface area (Å²) in [5.74, 6) is 0.809. The molecule has 1 fully saturated rings. The lowest BCUT2D eigenvalue weighted by atomic mass is 10.2. The Hall–Kier alpha value is -1.60. The van der Waals surface area contributed by atoms with Gasteiger partial charge in [0, 0.05) is 19.2 Å². The van der Waals surface area contributed by atoms with Crippen molar-refractivity contribution in [3.63, 3.8) is 0 Å². The second-order valence-electron chi connectivity index (χ2n) is 4.92. The third kappa shape index (κ3) is 2.38. The summed E-state index contributed by atoms with van der Waals surface area (Å²) >= 11 is 0. The average Bonchev–Trinajstić information content (AvgIpc) is 3.08.